The van der Waals surface area contributed by atoms with Crippen molar-refractivity contribution in [1.29, 1.82) is 0 Å². The average molecular weight is 326 g/mol. The van der Waals surface area contributed by atoms with E-state index in [-0.39, 0.29) is 5.75 Å². The number of hydrogen-bond donors (Lipinski definition) is 0. The second kappa shape index (κ2) is 6.85. The molecule has 0 bridgehead atoms. The van der Waals surface area contributed by atoms with E-state index < -0.39 is 20.2 Å². The van der Waals surface area contributed by atoms with Gasteiger partial charge in [0, 0.05) is 5.39 Å². The number of fused-ring (bicyclic) bond motifs is 1. The summed E-state index contributed by atoms with van der Waals surface area (Å²) in [7, 11) is -1.19. The molecule has 0 saturated carbocycles. The molecule has 5 nitrogen and oxygen atoms in total. The van der Waals surface area contributed by atoms with E-state index in [0.717, 1.165) is 10.8 Å². The summed E-state index contributed by atoms with van der Waals surface area (Å²) < 4.78 is 13.6. The van der Waals surface area contributed by atoms with Crippen molar-refractivity contribution in [2.24, 2.45) is 4.74 Å². The number of nitrogens with zero attached hydrogens (tertiary/aromatic N) is 1. The van der Waals surface area contributed by atoms with E-state index in [1.807, 2.05) is 30.3 Å². The van der Waals surface area contributed by atoms with E-state index in [2.05, 4.69) is 9.48 Å². The number of rotatable bonds is 4. The maximum Gasteiger partial charge on any atom is 0.395 e. The fourth-order valence-corrected chi connectivity index (χ4v) is 2.80. The van der Waals surface area contributed by atoms with Gasteiger partial charge < -0.3 is 9.63 Å². The molecule has 7 heteroatoms. The molecule has 2 rings (SSSR count). The van der Waals surface area contributed by atoms with E-state index in [9.17, 15) is 9.69 Å². The van der Waals surface area contributed by atoms with E-state index in [4.69, 9.17) is 16.1 Å². The largest absolute Gasteiger partial charge is 0.575 e. The predicted molar refractivity (Wildman–Crippen MR) is 80.4 cm³/mol. The first-order valence-corrected chi connectivity index (χ1v) is 7.65. The van der Waals surface area contributed by atoms with E-state index in [1.54, 1.807) is 6.07 Å². The minimum atomic E-state index is -2.43. The van der Waals surface area contributed by atoms with Crippen LogP contribution in [0.5, 0.6) is 5.75 Å². The summed E-state index contributed by atoms with van der Waals surface area (Å²) in [5.41, 5.74) is 0. The van der Waals surface area contributed by atoms with Crippen LogP contribution in [-0.2, 0) is 9.53 Å². The van der Waals surface area contributed by atoms with Gasteiger partial charge in [0.15, 0.2) is 6.04 Å². The zero-order valence-electron chi connectivity index (χ0n) is 11.4. The molecule has 0 spiro atoms. The third-order valence-corrected chi connectivity index (χ3v) is 3.98. The van der Waals surface area contributed by atoms with Crippen LogP contribution in [0.15, 0.2) is 41.1 Å². The lowest BCUT2D eigenvalue weighted by atomic mass is 10.1. The Hall–Kier alpha value is -1.68. The van der Waals surface area contributed by atoms with Crippen molar-refractivity contribution in [2.45, 2.75) is 13.0 Å². The summed E-state index contributed by atoms with van der Waals surface area (Å²) in [4.78, 5) is 23.2. The molecule has 2 atom stereocenters. The molecule has 2 aromatic rings. The number of ether oxygens (including phenoxy) is 1. The Morgan fingerprint density at radius 3 is 2.76 bits per heavy atom. The lowest BCUT2D eigenvalue weighted by molar-refractivity contribution is -0.169. The zero-order valence-corrected chi connectivity index (χ0v) is 13.1. The molecule has 0 saturated heterocycles. The van der Waals surface area contributed by atoms with Crippen LogP contribution >= 0.6 is 19.8 Å². The van der Waals surface area contributed by atoms with Crippen LogP contribution in [0, 0.1) is 0 Å². The molecule has 1 unspecified atom stereocenters. The molecule has 0 aliphatic rings. The van der Waals surface area contributed by atoms with E-state index in [0.29, 0.717) is 5.02 Å². The SMILES string of the molecule is COC(=O)[C@H](C)/N=[P+](\[O-])Oc1c(Cl)ccc2ccccc12. The summed E-state index contributed by atoms with van der Waals surface area (Å²) in [5.74, 6) is -0.289. The van der Waals surface area contributed by atoms with Crippen LogP contribution in [0.4, 0.5) is 0 Å². The molecule has 0 amide bonds. The van der Waals surface area contributed by atoms with Crippen LogP contribution in [0.3, 0.4) is 0 Å². The fraction of sp³-hybridized carbons (Fsp3) is 0.214. The standard InChI is InChI=1S/C14H13ClNO4P/c1-9(14(17)19-2)16-21(18)20-13-11-6-4-3-5-10(11)7-8-12(13)15/h3-9H,1-2H3/t9-/m0/s1. The molecule has 0 aromatic heterocycles. The Kier molecular flexibility index (Phi) is 5.12. The molecule has 2 aromatic carbocycles. The molecule has 0 radical (unpaired) electrons. The number of benzene rings is 2. The second-order valence-corrected chi connectivity index (χ2v) is 5.54. The van der Waals surface area contributed by atoms with Gasteiger partial charge in [-0.2, -0.15) is 0 Å². The van der Waals surface area contributed by atoms with Crippen LogP contribution in [0.1, 0.15) is 6.92 Å². The summed E-state index contributed by atoms with van der Waals surface area (Å²) in [6, 6.07) is 10.0. The number of esters is 1. The van der Waals surface area contributed by atoms with Gasteiger partial charge in [0.25, 0.3) is 0 Å². The Morgan fingerprint density at radius 1 is 1.33 bits per heavy atom. The van der Waals surface area contributed by atoms with Gasteiger partial charge in [0.2, 0.25) is 5.75 Å². The van der Waals surface area contributed by atoms with Gasteiger partial charge in [-0.3, -0.25) is 4.52 Å². The van der Waals surface area contributed by atoms with Gasteiger partial charge >= 0.3 is 14.1 Å². The summed E-state index contributed by atoms with van der Waals surface area (Å²) in [6.07, 6.45) is 0. The molecule has 0 fully saturated rings. The fourth-order valence-electron chi connectivity index (χ4n) is 1.77. The molecular weight excluding hydrogens is 313 g/mol. The van der Waals surface area contributed by atoms with Gasteiger partial charge in [-0.15, -0.1) is 0 Å². The van der Waals surface area contributed by atoms with Crippen molar-refractivity contribution in [3.63, 3.8) is 0 Å². The van der Waals surface area contributed by atoms with Gasteiger partial charge in [-0.1, -0.05) is 46.7 Å². The van der Waals surface area contributed by atoms with Gasteiger partial charge in [0.05, 0.1) is 12.1 Å². The minimum Gasteiger partial charge on any atom is -0.575 e. The molecule has 110 valence electrons. The predicted octanol–water partition coefficient (Wildman–Crippen LogP) is 3.29. The smallest absolute Gasteiger partial charge is 0.395 e. The maximum atomic E-state index is 11.9. The highest BCUT2D eigenvalue weighted by atomic mass is 35.5. The average Bonchev–Trinajstić information content (AvgIpc) is 2.49. The van der Waals surface area contributed by atoms with Gasteiger partial charge in [-0.05, 0) is 18.4 Å². The highest BCUT2D eigenvalue weighted by Gasteiger charge is 2.19. The quantitative estimate of drug-likeness (QED) is 0.639. The monoisotopic (exact) mass is 325 g/mol. The van der Waals surface area contributed by atoms with Crippen molar-refractivity contribution in [3.05, 3.63) is 41.4 Å². The van der Waals surface area contributed by atoms with Crippen molar-refractivity contribution >= 4 is 36.5 Å². The Balaban J connectivity index is 2.33. The second-order valence-electron chi connectivity index (χ2n) is 4.24. The van der Waals surface area contributed by atoms with Gasteiger partial charge in [-0.25, -0.2) is 4.79 Å². The first kappa shape index (κ1) is 15.7. The molecule has 0 N–H and O–H groups in total. The number of carbonyl (C=O) groups excluding carboxylic acids is 1. The highest BCUT2D eigenvalue weighted by molar-refractivity contribution is 7.34. The zero-order chi connectivity index (χ0) is 15.4. The molecule has 0 heterocycles. The Bertz CT molecular complexity index is 704. The van der Waals surface area contributed by atoms with Crippen LogP contribution < -0.4 is 9.42 Å². The van der Waals surface area contributed by atoms with Gasteiger partial charge in [0.1, 0.15) is 0 Å². The molecule has 0 aliphatic carbocycles. The minimum absolute atomic E-state index is 0.289. The lowest BCUT2D eigenvalue weighted by Gasteiger charge is -2.06. The normalized spacial score (nSPS) is 13.0. The summed E-state index contributed by atoms with van der Waals surface area (Å²) >= 11 is 6.09. The van der Waals surface area contributed by atoms with Crippen LogP contribution in [-0.4, -0.2) is 19.1 Å². The number of carbonyl (C=O) groups is 1. The molecule has 21 heavy (non-hydrogen) atoms. The third kappa shape index (κ3) is 3.70. The lowest BCUT2D eigenvalue weighted by Crippen LogP contribution is -2.16. The van der Waals surface area contributed by atoms with Crippen molar-refractivity contribution in [1.82, 2.24) is 0 Å². The first-order valence-electron chi connectivity index (χ1n) is 6.14. The number of halogens is 1. The highest BCUT2D eigenvalue weighted by Crippen LogP contribution is 2.37. The number of hydrogen-bond acceptors (Lipinski definition) is 5. The molecule has 0 aliphatic heterocycles. The summed E-state index contributed by atoms with van der Waals surface area (Å²) in [6.45, 7) is 1.48. The van der Waals surface area contributed by atoms with Crippen LogP contribution in [0.25, 0.3) is 10.8 Å². The van der Waals surface area contributed by atoms with E-state index in [1.165, 1.54) is 14.0 Å². The third-order valence-electron chi connectivity index (χ3n) is 2.81. The number of methoxy groups -OCH3 is 1. The summed E-state index contributed by atoms with van der Waals surface area (Å²) in [5, 5.41) is 1.97. The van der Waals surface area contributed by atoms with Crippen molar-refractivity contribution < 1.29 is 18.9 Å². The molecular formula is C14H13ClNO4P. The Morgan fingerprint density at radius 2 is 2.05 bits per heavy atom. The van der Waals surface area contributed by atoms with Crippen molar-refractivity contribution in [3.8, 4) is 5.75 Å². The van der Waals surface area contributed by atoms with E-state index >= 15 is 0 Å². The topological polar surface area (TPSA) is 71.0 Å². The van der Waals surface area contributed by atoms with Crippen LogP contribution in [0.2, 0.25) is 5.02 Å². The maximum absolute atomic E-state index is 11.9. The van der Waals surface area contributed by atoms with Crippen molar-refractivity contribution in [2.75, 3.05) is 7.11 Å². The Labute approximate surface area is 128 Å². The first-order chi connectivity index (χ1) is 10.0.